The minimum absolute atomic E-state index is 0.348. The molecule has 104 valence electrons. The zero-order chi connectivity index (χ0) is 13.8. The van der Waals surface area contributed by atoms with Gasteiger partial charge in [-0.1, -0.05) is 46.8 Å². The lowest BCUT2D eigenvalue weighted by atomic mass is 9.94. The minimum Gasteiger partial charge on any atom is -0.368 e. The number of nitrogens with two attached hydrogens (primary N) is 1. The molecule has 19 heavy (non-hydrogen) atoms. The van der Waals surface area contributed by atoms with Gasteiger partial charge in [-0.05, 0) is 36.6 Å². The quantitative estimate of drug-likeness (QED) is 0.877. The Hall–Kier alpha value is -0.580. The maximum atomic E-state index is 11.7. The number of hydrogen-bond acceptors (Lipinski definition) is 2. The molecule has 0 aliphatic heterocycles. The molecule has 5 heteroatoms. The standard InChI is InChI=1S/C14H18BrClN2O/c15-9-6-7-12(16)11(8-9)13(14(17)19)18-10-4-2-1-3-5-10/h6-8,10,13,18H,1-5H2,(H2,17,19). The second-order valence-electron chi connectivity index (χ2n) is 5.00. The Morgan fingerprint density at radius 1 is 1.37 bits per heavy atom. The van der Waals surface area contributed by atoms with Crippen molar-refractivity contribution in [3.8, 4) is 0 Å². The van der Waals surface area contributed by atoms with Crippen molar-refractivity contribution in [2.24, 2.45) is 5.73 Å². The molecule has 1 aromatic carbocycles. The van der Waals surface area contributed by atoms with E-state index < -0.39 is 6.04 Å². The first-order chi connectivity index (χ1) is 9.08. The SMILES string of the molecule is NC(=O)C(NC1CCCCC1)c1cc(Br)ccc1Cl. The molecule has 0 heterocycles. The van der Waals surface area contributed by atoms with Crippen LogP contribution in [0.4, 0.5) is 0 Å². The predicted molar refractivity (Wildman–Crippen MR) is 81.1 cm³/mol. The third-order valence-corrected chi connectivity index (χ3v) is 4.40. The number of amides is 1. The monoisotopic (exact) mass is 344 g/mol. The Kier molecular flexibility index (Phi) is 5.25. The largest absolute Gasteiger partial charge is 0.368 e. The second kappa shape index (κ2) is 6.73. The van der Waals surface area contributed by atoms with E-state index in [2.05, 4.69) is 21.2 Å². The van der Waals surface area contributed by atoms with Crippen molar-refractivity contribution >= 4 is 33.4 Å². The lowest BCUT2D eigenvalue weighted by molar-refractivity contribution is -0.120. The van der Waals surface area contributed by atoms with Crippen molar-refractivity contribution in [3.63, 3.8) is 0 Å². The molecule has 0 radical (unpaired) electrons. The Labute approximate surface area is 127 Å². The Bertz CT molecular complexity index is 461. The number of hydrogen-bond donors (Lipinski definition) is 2. The normalized spacial score (nSPS) is 18.2. The van der Waals surface area contributed by atoms with E-state index in [1.165, 1.54) is 19.3 Å². The molecule has 1 fully saturated rings. The zero-order valence-electron chi connectivity index (χ0n) is 10.7. The molecule has 1 saturated carbocycles. The summed E-state index contributed by atoms with van der Waals surface area (Å²) in [5.41, 5.74) is 6.27. The summed E-state index contributed by atoms with van der Waals surface area (Å²) in [6.07, 6.45) is 5.87. The van der Waals surface area contributed by atoms with E-state index in [0.717, 1.165) is 22.9 Å². The molecule has 1 unspecified atom stereocenters. The molecule has 1 aliphatic carbocycles. The molecule has 3 nitrogen and oxygen atoms in total. The summed E-state index contributed by atoms with van der Waals surface area (Å²) in [7, 11) is 0. The van der Waals surface area contributed by atoms with E-state index in [0.29, 0.717) is 11.1 Å². The number of primary amides is 1. The molecule has 1 aromatic rings. The van der Waals surface area contributed by atoms with Crippen molar-refractivity contribution in [3.05, 3.63) is 33.3 Å². The van der Waals surface area contributed by atoms with E-state index in [1.807, 2.05) is 12.1 Å². The third-order valence-electron chi connectivity index (χ3n) is 3.56. The molecule has 1 amide bonds. The number of carbonyl (C=O) groups excluding carboxylic acids is 1. The van der Waals surface area contributed by atoms with Gasteiger partial charge >= 0.3 is 0 Å². The fraction of sp³-hybridized carbons (Fsp3) is 0.500. The summed E-state index contributed by atoms with van der Waals surface area (Å²) in [4.78, 5) is 11.7. The molecule has 0 aromatic heterocycles. The van der Waals surface area contributed by atoms with Gasteiger partial charge in [0.1, 0.15) is 6.04 Å². The van der Waals surface area contributed by atoms with E-state index in [-0.39, 0.29) is 5.91 Å². The van der Waals surface area contributed by atoms with Gasteiger partial charge in [0.2, 0.25) is 5.91 Å². The van der Waals surface area contributed by atoms with Crippen LogP contribution in [0.1, 0.15) is 43.7 Å². The molecule has 2 rings (SSSR count). The van der Waals surface area contributed by atoms with Crippen LogP contribution in [0.5, 0.6) is 0 Å². The highest BCUT2D eigenvalue weighted by Crippen LogP contribution is 2.28. The molecule has 0 spiro atoms. The van der Waals surface area contributed by atoms with Gasteiger partial charge in [0.25, 0.3) is 0 Å². The second-order valence-corrected chi connectivity index (χ2v) is 6.33. The van der Waals surface area contributed by atoms with Crippen LogP contribution < -0.4 is 11.1 Å². The van der Waals surface area contributed by atoms with Crippen LogP contribution in [-0.4, -0.2) is 11.9 Å². The molecule has 0 saturated heterocycles. The van der Waals surface area contributed by atoms with E-state index >= 15 is 0 Å². The predicted octanol–water partition coefficient (Wildman–Crippen LogP) is 3.55. The van der Waals surface area contributed by atoms with Gasteiger partial charge in [0, 0.05) is 15.5 Å². The van der Waals surface area contributed by atoms with Gasteiger partial charge in [0.05, 0.1) is 0 Å². The fourth-order valence-corrected chi connectivity index (χ4v) is 3.17. The van der Waals surface area contributed by atoms with Gasteiger partial charge in [-0.3, -0.25) is 10.1 Å². The summed E-state index contributed by atoms with van der Waals surface area (Å²) >= 11 is 9.58. The maximum Gasteiger partial charge on any atom is 0.239 e. The first-order valence-corrected chi connectivity index (χ1v) is 7.75. The average molecular weight is 346 g/mol. The zero-order valence-corrected chi connectivity index (χ0v) is 13.0. The van der Waals surface area contributed by atoms with Crippen LogP contribution in [0.3, 0.4) is 0 Å². The van der Waals surface area contributed by atoms with Gasteiger partial charge in [0.15, 0.2) is 0 Å². The van der Waals surface area contributed by atoms with Gasteiger partial charge in [-0.2, -0.15) is 0 Å². The van der Waals surface area contributed by atoms with Crippen LogP contribution in [0.15, 0.2) is 22.7 Å². The van der Waals surface area contributed by atoms with Crippen LogP contribution in [0, 0.1) is 0 Å². The van der Waals surface area contributed by atoms with Crippen molar-refractivity contribution in [1.29, 1.82) is 0 Å². The van der Waals surface area contributed by atoms with Gasteiger partial charge in [-0.15, -0.1) is 0 Å². The first kappa shape index (κ1) is 14.8. The van der Waals surface area contributed by atoms with Crippen molar-refractivity contribution in [1.82, 2.24) is 5.32 Å². The molecule has 0 bridgehead atoms. The maximum absolute atomic E-state index is 11.7. The number of rotatable bonds is 4. The minimum atomic E-state index is -0.520. The third kappa shape index (κ3) is 3.94. The summed E-state index contributed by atoms with van der Waals surface area (Å²) < 4.78 is 0.892. The Morgan fingerprint density at radius 3 is 2.68 bits per heavy atom. The van der Waals surface area contributed by atoms with Gasteiger partial charge < -0.3 is 5.73 Å². The van der Waals surface area contributed by atoms with E-state index in [4.69, 9.17) is 17.3 Å². The van der Waals surface area contributed by atoms with Crippen LogP contribution >= 0.6 is 27.5 Å². The fourth-order valence-electron chi connectivity index (χ4n) is 2.57. The highest BCUT2D eigenvalue weighted by atomic mass is 79.9. The van der Waals surface area contributed by atoms with Crippen molar-refractivity contribution in [2.75, 3.05) is 0 Å². The number of halogens is 2. The van der Waals surface area contributed by atoms with Crippen molar-refractivity contribution < 1.29 is 4.79 Å². The number of nitrogens with one attached hydrogen (secondary N) is 1. The summed E-state index contributed by atoms with van der Waals surface area (Å²) in [5, 5.41) is 3.93. The number of benzene rings is 1. The van der Waals surface area contributed by atoms with Crippen molar-refractivity contribution in [2.45, 2.75) is 44.2 Å². The summed E-state index contributed by atoms with van der Waals surface area (Å²) in [6.45, 7) is 0. The molecule has 3 N–H and O–H groups in total. The topological polar surface area (TPSA) is 55.1 Å². The Morgan fingerprint density at radius 2 is 2.05 bits per heavy atom. The van der Waals surface area contributed by atoms with E-state index in [9.17, 15) is 4.79 Å². The van der Waals surface area contributed by atoms with E-state index in [1.54, 1.807) is 6.07 Å². The molecule has 1 aliphatic rings. The molecular weight excluding hydrogens is 328 g/mol. The van der Waals surface area contributed by atoms with Crippen LogP contribution in [-0.2, 0) is 4.79 Å². The highest BCUT2D eigenvalue weighted by Gasteiger charge is 2.25. The summed E-state index contributed by atoms with van der Waals surface area (Å²) in [6, 6.07) is 5.31. The highest BCUT2D eigenvalue weighted by molar-refractivity contribution is 9.10. The first-order valence-electron chi connectivity index (χ1n) is 6.58. The molecule has 1 atom stereocenters. The average Bonchev–Trinajstić information content (AvgIpc) is 2.40. The summed E-state index contributed by atoms with van der Waals surface area (Å²) in [5.74, 6) is -0.384. The van der Waals surface area contributed by atoms with Crippen LogP contribution in [0.2, 0.25) is 5.02 Å². The Balaban J connectivity index is 2.19. The van der Waals surface area contributed by atoms with Gasteiger partial charge in [-0.25, -0.2) is 0 Å². The van der Waals surface area contributed by atoms with Crippen LogP contribution in [0.25, 0.3) is 0 Å². The lowest BCUT2D eigenvalue weighted by Crippen LogP contribution is -2.41. The number of carbonyl (C=O) groups is 1. The lowest BCUT2D eigenvalue weighted by Gasteiger charge is -2.27. The molecular formula is C14H18BrClN2O. The smallest absolute Gasteiger partial charge is 0.239 e.